The van der Waals surface area contributed by atoms with Gasteiger partial charge in [0.15, 0.2) is 10.8 Å². The maximum absolute atomic E-state index is 15.0. The minimum atomic E-state index is -1.00. The molecule has 0 saturated carbocycles. The number of hydrogen-bond acceptors (Lipinski definition) is 4. The molecule has 0 radical (unpaired) electrons. The molecule has 1 N–H and O–H groups in total. The molecule has 1 aliphatic rings. The molecule has 1 aromatic heterocycles. The van der Waals surface area contributed by atoms with Crippen LogP contribution < -0.4 is 15.1 Å². The van der Waals surface area contributed by atoms with Gasteiger partial charge in [-0.05, 0) is 74.4 Å². The number of carbonyl (C=O) groups excluding carboxylic acids is 1. The fourth-order valence-corrected chi connectivity index (χ4v) is 4.55. The number of aryl methyl sites for hydroxylation is 1. The summed E-state index contributed by atoms with van der Waals surface area (Å²) in [7, 11) is 0. The van der Waals surface area contributed by atoms with Crippen LogP contribution in [0.2, 0.25) is 0 Å². The van der Waals surface area contributed by atoms with Crippen molar-refractivity contribution in [2.75, 3.05) is 9.80 Å². The number of carbonyl (C=O) groups is 1. The van der Waals surface area contributed by atoms with E-state index in [1.165, 1.54) is 11.0 Å². The first kappa shape index (κ1) is 23.5. The first-order valence-corrected chi connectivity index (χ1v) is 11.2. The van der Waals surface area contributed by atoms with Gasteiger partial charge in [0.25, 0.3) is 5.91 Å². The zero-order chi connectivity index (χ0) is 24.5. The van der Waals surface area contributed by atoms with E-state index in [9.17, 15) is 4.79 Å². The SMILES string of the molecule is [C-]#[N+]c1ccc(N2C(=O)C(C)(C)N(c3ccc(CNCc4cccnc4)c(F)c3)C2=S)cc1C. The number of pyridine rings is 1. The van der Waals surface area contributed by atoms with Gasteiger partial charge in [0.2, 0.25) is 0 Å². The average Bonchev–Trinajstić information content (AvgIpc) is 2.99. The predicted octanol–water partition coefficient (Wildman–Crippen LogP) is 5.29. The van der Waals surface area contributed by atoms with E-state index in [-0.39, 0.29) is 16.8 Å². The molecule has 1 fully saturated rings. The smallest absolute Gasteiger partial charge is 0.259 e. The van der Waals surface area contributed by atoms with Crippen LogP contribution in [0.1, 0.15) is 30.5 Å². The number of nitrogens with one attached hydrogen (secondary N) is 1. The maximum atomic E-state index is 15.0. The summed E-state index contributed by atoms with van der Waals surface area (Å²) in [6.07, 6.45) is 3.48. The van der Waals surface area contributed by atoms with Crippen LogP contribution in [0.15, 0.2) is 60.9 Å². The standard InChI is InChI=1S/C26H24FN5OS/c1-17-12-20(9-10-23(17)28-4)31-24(33)26(2,3)32(25(31)34)21-8-7-19(22(27)13-21)16-30-15-18-6-5-11-29-14-18/h5-14,30H,15-16H2,1-3H3. The summed E-state index contributed by atoms with van der Waals surface area (Å²) >= 11 is 5.69. The molecule has 0 bridgehead atoms. The minimum absolute atomic E-state index is 0.213. The first-order valence-electron chi connectivity index (χ1n) is 10.8. The Morgan fingerprint density at radius 2 is 1.91 bits per heavy atom. The van der Waals surface area contributed by atoms with Crippen LogP contribution in [0.25, 0.3) is 4.85 Å². The van der Waals surface area contributed by atoms with Gasteiger partial charge in [-0.25, -0.2) is 9.24 Å². The second kappa shape index (κ2) is 9.29. The quantitative estimate of drug-likeness (QED) is 0.390. The van der Waals surface area contributed by atoms with Crippen LogP contribution in [-0.4, -0.2) is 21.5 Å². The molecule has 4 rings (SSSR count). The van der Waals surface area contributed by atoms with Crippen molar-refractivity contribution in [3.8, 4) is 0 Å². The summed E-state index contributed by atoms with van der Waals surface area (Å²) < 4.78 is 15.0. The Kier molecular flexibility index (Phi) is 6.42. The largest absolute Gasteiger partial charge is 0.308 e. The number of halogens is 1. The number of benzene rings is 2. The van der Waals surface area contributed by atoms with E-state index in [4.69, 9.17) is 18.8 Å². The number of thiocarbonyl (C=S) groups is 1. The summed E-state index contributed by atoms with van der Waals surface area (Å²) in [6, 6.07) is 13.9. The number of anilines is 2. The number of amides is 1. The van der Waals surface area contributed by atoms with Gasteiger partial charge in [0.1, 0.15) is 11.4 Å². The third-order valence-electron chi connectivity index (χ3n) is 5.89. The molecule has 0 aliphatic carbocycles. The van der Waals surface area contributed by atoms with Crippen molar-refractivity contribution in [2.45, 2.75) is 39.4 Å². The van der Waals surface area contributed by atoms with Gasteiger partial charge in [0, 0.05) is 42.4 Å². The normalized spacial score (nSPS) is 15.0. The highest BCUT2D eigenvalue weighted by Gasteiger charge is 2.50. The van der Waals surface area contributed by atoms with Crippen LogP contribution in [0, 0.1) is 19.3 Å². The summed E-state index contributed by atoms with van der Waals surface area (Å²) in [6.45, 7) is 13.5. The third-order valence-corrected chi connectivity index (χ3v) is 6.25. The highest BCUT2D eigenvalue weighted by atomic mass is 32.1. The van der Waals surface area contributed by atoms with Crippen LogP contribution in [0.5, 0.6) is 0 Å². The monoisotopic (exact) mass is 473 g/mol. The van der Waals surface area contributed by atoms with Gasteiger partial charge in [-0.1, -0.05) is 18.2 Å². The van der Waals surface area contributed by atoms with Crippen LogP contribution in [0.4, 0.5) is 21.5 Å². The summed E-state index contributed by atoms with van der Waals surface area (Å²) in [5.41, 5.74) is 2.91. The van der Waals surface area contributed by atoms with E-state index in [0.29, 0.717) is 35.7 Å². The summed E-state index contributed by atoms with van der Waals surface area (Å²) in [4.78, 5) is 24.0. The van der Waals surface area contributed by atoms with E-state index >= 15 is 4.39 Å². The van der Waals surface area contributed by atoms with Gasteiger partial charge < -0.3 is 10.2 Å². The molecule has 1 amide bonds. The Bertz CT molecular complexity index is 1300. The zero-order valence-corrected chi connectivity index (χ0v) is 20.0. The lowest BCUT2D eigenvalue weighted by Gasteiger charge is -2.29. The summed E-state index contributed by atoms with van der Waals surface area (Å²) in [5.74, 6) is -0.590. The van der Waals surface area contributed by atoms with Gasteiger partial charge >= 0.3 is 0 Å². The predicted molar refractivity (Wildman–Crippen MR) is 135 cm³/mol. The fraction of sp³-hybridized carbons (Fsp3) is 0.231. The lowest BCUT2D eigenvalue weighted by molar-refractivity contribution is -0.120. The molecular formula is C26H24FN5OS. The average molecular weight is 474 g/mol. The number of hydrogen-bond donors (Lipinski definition) is 1. The van der Waals surface area contributed by atoms with Gasteiger partial charge in [-0.2, -0.15) is 0 Å². The van der Waals surface area contributed by atoms with E-state index in [1.807, 2.05) is 19.1 Å². The molecule has 2 heterocycles. The van der Waals surface area contributed by atoms with Crippen molar-refractivity contribution >= 4 is 40.3 Å². The fourth-order valence-electron chi connectivity index (χ4n) is 4.02. The highest BCUT2D eigenvalue weighted by molar-refractivity contribution is 7.81. The van der Waals surface area contributed by atoms with Crippen LogP contribution >= 0.6 is 12.2 Å². The second-order valence-electron chi connectivity index (χ2n) is 8.64. The van der Waals surface area contributed by atoms with Crippen molar-refractivity contribution in [3.63, 3.8) is 0 Å². The second-order valence-corrected chi connectivity index (χ2v) is 9.01. The van der Waals surface area contributed by atoms with Crippen molar-refractivity contribution < 1.29 is 9.18 Å². The lowest BCUT2D eigenvalue weighted by atomic mass is 10.0. The van der Waals surface area contributed by atoms with Gasteiger partial charge in [0.05, 0.1) is 6.57 Å². The highest BCUT2D eigenvalue weighted by Crippen LogP contribution is 2.38. The first-order chi connectivity index (χ1) is 16.2. The Balaban J connectivity index is 1.56. The molecule has 6 nitrogen and oxygen atoms in total. The Morgan fingerprint density at radius 3 is 2.56 bits per heavy atom. The lowest BCUT2D eigenvalue weighted by Crippen LogP contribution is -2.44. The van der Waals surface area contributed by atoms with E-state index < -0.39 is 5.54 Å². The minimum Gasteiger partial charge on any atom is -0.308 e. The number of aromatic nitrogens is 1. The summed E-state index contributed by atoms with van der Waals surface area (Å²) in [5, 5.41) is 3.49. The van der Waals surface area contributed by atoms with E-state index in [2.05, 4.69) is 15.1 Å². The Labute approximate surface area is 203 Å². The maximum Gasteiger partial charge on any atom is 0.259 e. The van der Waals surface area contributed by atoms with Crippen molar-refractivity contribution in [3.05, 3.63) is 94.8 Å². The molecule has 8 heteroatoms. The third kappa shape index (κ3) is 4.28. The van der Waals surface area contributed by atoms with Crippen molar-refractivity contribution in [2.24, 2.45) is 0 Å². The van der Waals surface area contributed by atoms with Crippen LogP contribution in [-0.2, 0) is 17.9 Å². The Hall–Kier alpha value is -3.67. The van der Waals surface area contributed by atoms with Crippen molar-refractivity contribution in [1.82, 2.24) is 10.3 Å². The molecule has 0 atom stereocenters. The molecule has 1 saturated heterocycles. The molecule has 0 spiro atoms. The number of nitrogens with zero attached hydrogens (tertiary/aromatic N) is 4. The molecule has 172 valence electrons. The molecule has 0 unspecified atom stereocenters. The molecule has 1 aliphatic heterocycles. The van der Waals surface area contributed by atoms with Gasteiger partial charge in [-0.15, -0.1) is 0 Å². The molecule has 34 heavy (non-hydrogen) atoms. The Morgan fingerprint density at radius 1 is 1.15 bits per heavy atom. The number of rotatable bonds is 6. The molecule has 3 aromatic rings. The topological polar surface area (TPSA) is 52.8 Å². The van der Waals surface area contributed by atoms with E-state index in [0.717, 1.165) is 11.1 Å². The van der Waals surface area contributed by atoms with Crippen LogP contribution in [0.3, 0.4) is 0 Å². The molecular weight excluding hydrogens is 449 g/mol. The zero-order valence-electron chi connectivity index (χ0n) is 19.2. The molecule has 2 aromatic carbocycles. The van der Waals surface area contributed by atoms with Gasteiger partial charge in [-0.3, -0.25) is 14.7 Å². The van der Waals surface area contributed by atoms with Crippen molar-refractivity contribution in [1.29, 1.82) is 0 Å². The van der Waals surface area contributed by atoms with E-state index in [1.54, 1.807) is 61.5 Å².